The molecule has 0 unspecified atom stereocenters. The molecular weight excluding hydrogens is 420 g/mol. The van der Waals surface area contributed by atoms with E-state index in [-0.39, 0.29) is 0 Å². The Hall–Kier alpha value is -2.94. The number of fused-ring (bicyclic) bond motifs is 2. The normalized spacial score (nSPS) is 14.0. The number of hydrogen-bond donors (Lipinski definition) is 1. The van der Waals surface area contributed by atoms with Crippen molar-refractivity contribution in [1.29, 1.82) is 0 Å². The van der Waals surface area contributed by atoms with Crippen molar-refractivity contribution in [1.82, 2.24) is 0 Å². The molecule has 1 nitrogen and oxygen atoms in total. The summed E-state index contributed by atoms with van der Waals surface area (Å²) in [5.74, 6) is 0. The zero-order valence-electron chi connectivity index (χ0n) is 15.7. The Morgan fingerprint density at radius 3 is 1.55 bits per heavy atom. The maximum Gasteiger partial charge on any atom is 0.142 e. The molecule has 0 radical (unpaired) electrons. The second kappa shape index (κ2) is 7.14. The molecular formula is C27H19BrO. The summed E-state index contributed by atoms with van der Waals surface area (Å²) >= 11 is 3.69. The van der Waals surface area contributed by atoms with Gasteiger partial charge in [0.1, 0.15) is 5.60 Å². The molecule has 0 heterocycles. The molecule has 4 aromatic rings. The maximum absolute atomic E-state index is 12.5. The van der Waals surface area contributed by atoms with Crippen LogP contribution in [0.2, 0.25) is 0 Å². The summed E-state index contributed by atoms with van der Waals surface area (Å²) in [4.78, 5) is 0. The number of hydrogen-bond acceptors (Lipinski definition) is 1. The van der Waals surface area contributed by atoms with Gasteiger partial charge in [-0.2, -0.15) is 0 Å². The quantitative estimate of drug-likeness (QED) is 0.361. The Balaban J connectivity index is 1.88. The van der Waals surface area contributed by atoms with Crippen molar-refractivity contribution in [3.63, 3.8) is 0 Å². The van der Waals surface area contributed by atoms with Gasteiger partial charge in [-0.05, 0) is 39.4 Å². The summed E-state index contributed by atoms with van der Waals surface area (Å²) < 4.78 is 1.00. The lowest BCUT2D eigenvalue weighted by Crippen LogP contribution is -2.31. The standard InChI is InChI=1S/C27H19BrO/c28-26-16-8-4-12-22(26)21-11-3-7-15-25(21)27(29)23-13-5-1-9-19(23)17-18-20-10-2-6-14-24(20)27/h1-18,29H. The highest BCUT2D eigenvalue weighted by Gasteiger charge is 2.39. The van der Waals surface area contributed by atoms with E-state index in [4.69, 9.17) is 0 Å². The monoisotopic (exact) mass is 438 g/mol. The molecule has 2 heteroatoms. The number of aliphatic hydroxyl groups is 1. The van der Waals surface area contributed by atoms with Gasteiger partial charge in [0.05, 0.1) is 0 Å². The van der Waals surface area contributed by atoms with E-state index in [1.807, 2.05) is 72.8 Å². The molecule has 0 bridgehead atoms. The van der Waals surface area contributed by atoms with Crippen molar-refractivity contribution in [3.05, 3.63) is 129 Å². The molecule has 0 spiro atoms. The van der Waals surface area contributed by atoms with Gasteiger partial charge in [0.25, 0.3) is 0 Å². The van der Waals surface area contributed by atoms with Crippen LogP contribution in [-0.4, -0.2) is 5.11 Å². The van der Waals surface area contributed by atoms with Crippen LogP contribution >= 0.6 is 15.9 Å². The van der Waals surface area contributed by atoms with Gasteiger partial charge >= 0.3 is 0 Å². The Morgan fingerprint density at radius 1 is 0.517 bits per heavy atom. The molecule has 1 aliphatic carbocycles. The third-order valence-electron chi connectivity index (χ3n) is 5.62. The summed E-state index contributed by atoms with van der Waals surface area (Å²) in [6, 6.07) is 32.5. The molecule has 0 aromatic heterocycles. The molecule has 140 valence electrons. The Labute approximate surface area is 179 Å². The van der Waals surface area contributed by atoms with Crippen molar-refractivity contribution in [2.45, 2.75) is 5.60 Å². The minimum atomic E-state index is -1.28. The molecule has 0 amide bonds. The van der Waals surface area contributed by atoms with Crippen LogP contribution < -0.4 is 0 Å². The van der Waals surface area contributed by atoms with E-state index >= 15 is 0 Å². The number of halogens is 1. The van der Waals surface area contributed by atoms with Gasteiger partial charge in [-0.3, -0.25) is 0 Å². The van der Waals surface area contributed by atoms with E-state index in [2.05, 4.69) is 52.3 Å². The molecule has 29 heavy (non-hydrogen) atoms. The highest BCUT2D eigenvalue weighted by atomic mass is 79.9. The van der Waals surface area contributed by atoms with Gasteiger partial charge < -0.3 is 5.11 Å². The van der Waals surface area contributed by atoms with Crippen LogP contribution in [0, 0.1) is 0 Å². The van der Waals surface area contributed by atoms with Crippen LogP contribution in [0.25, 0.3) is 23.3 Å². The number of rotatable bonds is 2. The topological polar surface area (TPSA) is 20.2 Å². The lowest BCUT2D eigenvalue weighted by molar-refractivity contribution is 0.126. The van der Waals surface area contributed by atoms with Crippen LogP contribution in [-0.2, 0) is 5.60 Å². The van der Waals surface area contributed by atoms with E-state index in [1.165, 1.54) is 0 Å². The lowest BCUT2D eigenvalue weighted by atomic mass is 9.75. The predicted octanol–water partition coefficient (Wildman–Crippen LogP) is 6.88. The van der Waals surface area contributed by atoms with Gasteiger partial charge in [-0.15, -0.1) is 0 Å². The molecule has 4 aromatic carbocycles. The molecule has 5 rings (SSSR count). The van der Waals surface area contributed by atoms with Crippen LogP contribution in [0.5, 0.6) is 0 Å². The molecule has 0 fully saturated rings. The number of benzene rings is 4. The maximum atomic E-state index is 12.5. The van der Waals surface area contributed by atoms with Gasteiger partial charge in [0.2, 0.25) is 0 Å². The zero-order chi connectivity index (χ0) is 19.8. The van der Waals surface area contributed by atoms with E-state index < -0.39 is 5.60 Å². The van der Waals surface area contributed by atoms with Crippen molar-refractivity contribution >= 4 is 28.1 Å². The fraction of sp³-hybridized carbons (Fsp3) is 0.0370. The first kappa shape index (κ1) is 18.1. The van der Waals surface area contributed by atoms with Crippen molar-refractivity contribution < 1.29 is 5.11 Å². The van der Waals surface area contributed by atoms with Crippen LogP contribution in [0.4, 0.5) is 0 Å². The van der Waals surface area contributed by atoms with Gasteiger partial charge in [-0.1, -0.05) is 119 Å². The minimum absolute atomic E-state index is 0.871. The second-order valence-corrected chi connectivity index (χ2v) is 8.10. The van der Waals surface area contributed by atoms with Crippen molar-refractivity contribution in [3.8, 4) is 11.1 Å². The molecule has 1 aliphatic rings. The third kappa shape index (κ3) is 2.88. The fourth-order valence-electron chi connectivity index (χ4n) is 4.27. The molecule has 0 aliphatic heterocycles. The Kier molecular flexibility index (Phi) is 4.46. The highest BCUT2D eigenvalue weighted by molar-refractivity contribution is 9.10. The first-order valence-corrected chi connectivity index (χ1v) is 10.4. The molecule has 0 atom stereocenters. The summed E-state index contributed by atoms with van der Waals surface area (Å²) in [6.45, 7) is 0. The van der Waals surface area contributed by atoms with Crippen molar-refractivity contribution in [2.24, 2.45) is 0 Å². The zero-order valence-corrected chi connectivity index (χ0v) is 17.3. The first-order chi connectivity index (χ1) is 14.2. The molecule has 0 saturated carbocycles. The van der Waals surface area contributed by atoms with Crippen LogP contribution in [0.3, 0.4) is 0 Å². The van der Waals surface area contributed by atoms with E-state index in [1.54, 1.807) is 0 Å². The van der Waals surface area contributed by atoms with Gasteiger partial charge in [0, 0.05) is 10.0 Å². The summed E-state index contributed by atoms with van der Waals surface area (Å²) in [5.41, 5.74) is 5.48. The first-order valence-electron chi connectivity index (χ1n) is 9.63. The Bertz CT molecular complexity index is 1190. The molecule has 1 N–H and O–H groups in total. The summed E-state index contributed by atoms with van der Waals surface area (Å²) in [5, 5.41) is 12.5. The predicted molar refractivity (Wildman–Crippen MR) is 123 cm³/mol. The van der Waals surface area contributed by atoms with Gasteiger partial charge in [-0.25, -0.2) is 0 Å². The van der Waals surface area contributed by atoms with E-state index in [0.29, 0.717) is 0 Å². The highest BCUT2D eigenvalue weighted by Crippen LogP contribution is 2.46. The average molecular weight is 439 g/mol. The summed E-state index contributed by atoms with van der Waals surface area (Å²) in [7, 11) is 0. The van der Waals surface area contributed by atoms with E-state index in [9.17, 15) is 5.11 Å². The minimum Gasteiger partial charge on any atom is -0.376 e. The SMILES string of the molecule is OC1(c2ccccc2-c2ccccc2Br)c2ccccc2C=Cc2ccccc21. The lowest BCUT2D eigenvalue weighted by Gasteiger charge is -2.33. The largest absolute Gasteiger partial charge is 0.376 e. The average Bonchev–Trinajstić information content (AvgIpc) is 2.90. The fourth-order valence-corrected chi connectivity index (χ4v) is 4.77. The third-order valence-corrected chi connectivity index (χ3v) is 6.32. The van der Waals surface area contributed by atoms with Crippen LogP contribution in [0.1, 0.15) is 27.8 Å². The smallest absolute Gasteiger partial charge is 0.142 e. The Morgan fingerprint density at radius 2 is 0.966 bits per heavy atom. The molecule has 0 saturated heterocycles. The van der Waals surface area contributed by atoms with Crippen molar-refractivity contribution in [2.75, 3.05) is 0 Å². The van der Waals surface area contributed by atoms with Crippen LogP contribution in [0.15, 0.2) is 102 Å². The van der Waals surface area contributed by atoms with E-state index in [0.717, 1.165) is 43.4 Å². The second-order valence-electron chi connectivity index (χ2n) is 7.24. The van der Waals surface area contributed by atoms with Gasteiger partial charge in [0.15, 0.2) is 0 Å². The summed E-state index contributed by atoms with van der Waals surface area (Å²) in [6.07, 6.45) is 4.18.